The highest BCUT2D eigenvalue weighted by Gasteiger charge is 2.10. The zero-order valence-corrected chi connectivity index (χ0v) is 12.9. The van der Waals surface area contributed by atoms with E-state index in [9.17, 15) is 9.59 Å². The fourth-order valence-corrected chi connectivity index (χ4v) is 2.12. The Morgan fingerprint density at radius 3 is 2.50 bits per heavy atom. The molecule has 1 amide bonds. The van der Waals surface area contributed by atoms with Gasteiger partial charge < -0.3 is 10.1 Å². The molecule has 0 aromatic heterocycles. The molecule has 0 spiro atoms. The van der Waals surface area contributed by atoms with Crippen LogP contribution < -0.4 is 10.1 Å². The van der Waals surface area contributed by atoms with Crippen LogP contribution in [0.3, 0.4) is 0 Å². The molecule has 5 heteroatoms. The SMILES string of the molecule is CC(=O)c1ccccc1NC(=O)CCOc1ccccc1Cl. The number of Topliss-reactive ketones (excluding diaryl/α,β-unsaturated/α-hetero) is 1. The van der Waals surface area contributed by atoms with Gasteiger partial charge >= 0.3 is 0 Å². The predicted octanol–water partition coefficient (Wildman–Crippen LogP) is 3.95. The lowest BCUT2D eigenvalue weighted by molar-refractivity contribution is -0.116. The van der Waals surface area contributed by atoms with E-state index in [4.69, 9.17) is 16.3 Å². The largest absolute Gasteiger partial charge is 0.491 e. The molecule has 2 aromatic carbocycles. The van der Waals surface area contributed by atoms with Crippen LogP contribution in [0.1, 0.15) is 23.7 Å². The van der Waals surface area contributed by atoms with Gasteiger partial charge in [0.2, 0.25) is 5.91 Å². The van der Waals surface area contributed by atoms with Crippen molar-refractivity contribution in [2.24, 2.45) is 0 Å². The van der Waals surface area contributed by atoms with E-state index in [-0.39, 0.29) is 24.7 Å². The van der Waals surface area contributed by atoms with Crippen LogP contribution in [0.2, 0.25) is 5.02 Å². The minimum Gasteiger partial charge on any atom is -0.491 e. The summed E-state index contributed by atoms with van der Waals surface area (Å²) in [6, 6.07) is 14.0. The highest BCUT2D eigenvalue weighted by Crippen LogP contribution is 2.23. The third-order valence-electron chi connectivity index (χ3n) is 3.00. The van der Waals surface area contributed by atoms with Gasteiger partial charge in [-0.15, -0.1) is 0 Å². The molecular weight excluding hydrogens is 302 g/mol. The van der Waals surface area contributed by atoms with E-state index in [1.165, 1.54) is 6.92 Å². The Bertz CT molecular complexity index is 685. The number of carbonyl (C=O) groups excluding carboxylic acids is 2. The number of para-hydroxylation sites is 2. The van der Waals surface area contributed by atoms with Crippen LogP contribution in [0.4, 0.5) is 5.69 Å². The van der Waals surface area contributed by atoms with Crippen LogP contribution in [0, 0.1) is 0 Å². The molecule has 0 radical (unpaired) electrons. The second-order valence-corrected chi connectivity index (χ2v) is 5.09. The summed E-state index contributed by atoms with van der Waals surface area (Å²) in [5.41, 5.74) is 1.00. The van der Waals surface area contributed by atoms with E-state index in [2.05, 4.69) is 5.32 Å². The number of ether oxygens (including phenoxy) is 1. The Hall–Kier alpha value is -2.33. The molecule has 0 heterocycles. The molecule has 4 nitrogen and oxygen atoms in total. The number of anilines is 1. The molecule has 2 rings (SSSR count). The number of carbonyl (C=O) groups is 2. The van der Waals surface area contributed by atoms with Crippen molar-refractivity contribution in [3.05, 3.63) is 59.1 Å². The van der Waals surface area contributed by atoms with Crippen molar-refractivity contribution in [2.75, 3.05) is 11.9 Å². The van der Waals surface area contributed by atoms with Gasteiger partial charge in [0.1, 0.15) is 5.75 Å². The first-order valence-corrected chi connectivity index (χ1v) is 7.23. The summed E-state index contributed by atoms with van der Waals surface area (Å²) in [7, 11) is 0. The van der Waals surface area contributed by atoms with E-state index < -0.39 is 0 Å². The third-order valence-corrected chi connectivity index (χ3v) is 3.32. The average molecular weight is 318 g/mol. The molecule has 0 saturated carbocycles. The Morgan fingerprint density at radius 2 is 1.77 bits per heavy atom. The topological polar surface area (TPSA) is 55.4 Å². The molecule has 2 aromatic rings. The monoisotopic (exact) mass is 317 g/mol. The van der Waals surface area contributed by atoms with Gasteiger partial charge in [-0.2, -0.15) is 0 Å². The lowest BCUT2D eigenvalue weighted by Gasteiger charge is -2.10. The Kier molecular flexibility index (Phi) is 5.55. The van der Waals surface area contributed by atoms with Crippen LogP contribution >= 0.6 is 11.6 Å². The van der Waals surface area contributed by atoms with E-state index in [1.54, 1.807) is 42.5 Å². The van der Waals surface area contributed by atoms with Gasteiger partial charge in [0, 0.05) is 5.56 Å². The van der Waals surface area contributed by atoms with E-state index in [0.29, 0.717) is 22.0 Å². The number of hydrogen-bond donors (Lipinski definition) is 1. The molecule has 1 N–H and O–H groups in total. The normalized spacial score (nSPS) is 10.1. The minimum absolute atomic E-state index is 0.0942. The number of benzene rings is 2. The summed E-state index contributed by atoms with van der Waals surface area (Å²) in [5, 5.41) is 3.22. The Labute approximate surface area is 134 Å². The number of halogens is 1. The number of rotatable bonds is 6. The number of nitrogens with one attached hydrogen (secondary N) is 1. The van der Waals surface area contributed by atoms with E-state index in [1.807, 2.05) is 6.07 Å². The second kappa shape index (κ2) is 7.61. The molecule has 0 bridgehead atoms. The number of amides is 1. The summed E-state index contributed by atoms with van der Waals surface area (Å²) in [6.45, 7) is 1.67. The molecule has 0 unspecified atom stereocenters. The summed E-state index contributed by atoms with van der Waals surface area (Å²) >= 11 is 5.96. The van der Waals surface area contributed by atoms with Gasteiger partial charge in [-0.1, -0.05) is 35.9 Å². The zero-order chi connectivity index (χ0) is 15.9. The van der Waals surface area contributed by atoms with Gasteiger partial charge in [-0.25, -0.2) is 0 Å². The molecule has 114 valence electrons. The quantitative estimate of drug-likeness (QED) is 0.821. The van der Waals surface area contributed by atoms with Crippen molar-refractivity contribution in [1.82, 2.24) is 0 Å². The van der Waals surface area contributed by atoms with E-state index >= 15 is 0 Å². The zero-order valence-electron chi connectivity index (χ0n) is 12.1. The Morgan fingerprint density at radius 1 is 1.09 bits per heavy atom. The van der Waals surface area contributed by atoms with Crippen molar-refractivity contribution in [3.8, 4) is 5.75 Å². The first-order chi connectivity index (χ1) is 10.6. The van der Waals surface area contributed by atoms with Crippen LogP contribution in [-0.2, 0) is 4.79 Å². The smallest absolute Gasteiger partial charge is 0.227 e. The highest BCUT2D eigenvalue weighted by atomic mass is 35.5. The maximum Gasteiger partial charge on any atom is 0.227 e. The molecule has 0 aliphatic carbocycles. The maximum absolute atomic E-state index is 11.9. The van der Waals surface area contributed by atoms with Crippen LogP contribution in [0.5, 0.6) is 5.75 Å². The van der Waals surface area contributed by atoms with Crippen LogP contribution in [0.25, 0.3) is 0 Å². The third kappa shape index (κ3) is 4.33. The molecule has 0 aliphatic heterocycles. The lowest BCUT2D eigenvalue weighted by Crippen LogP contribution is -2.16. The first kappa shape index (κ1) is 16.0. The first-order valence-electron chi connectivity index (χ1n) is 6.85. The van der Waals surface area contributed by atoms with Gasteiger partial charge in [0.05, 0.1) is 23.7 Å². The van der Waals surface area contributed by atoms with Crippen molar-refractivity contribution in [3.63, 3.8) is 0 Å². The van der Waals surface area contributed by atoms with Crippen LogP contribution in [0.15, 0.2) is 48.5 Å². The highest BCUT2D eigenvalue weighted by molar-refractivity contribution is 6.32. The number of hydrogen-bond acceptors (Lipinski definition) is 3. The van der Waals surface area contributed by atoms with Crippen molar-refractivity contribution in [1.29, 1.82) is 0 Å². The Balaban J connectivity index is 1.89. The van der Waals surface area contributed by atoms with Gasteiger partial charge in [0.25, 0.3) is 0 Å². The summed E-state index contributed by atoms with van der Waals surface area (Å²) in [4.78, 5) is 23.4. The lowest BCUT2D eigenvalue weighted by atomic mass is 10.1. The summed E-state index contributed by atoms with van der Waals surface area (Å²) in [6.07, 6.45) is 0.164. The fraction of sp³-hybridized carbons (Fsp3) is 0.176. The predicted molar refractivity (Wildman–Crippen MR) is 86.6 cm³/mol. The standard InChI is InChI=1S/C17H16ClNO3/c1-12(20)13-6-2-4-8-15(13)19-17(21)10-11-22-16-9-5-3-7-14(16)18/h2-9H,10-11H2,1H3,(H,19,21). The van der Waals surface area contributed by atoms with E-state index in [0.717, 1.165) is 0 Å². The van der Waals surface area contributed by atoms with Gasteiger partial charge in [-0.3, -0.25) is 9.59 Å². The average Bonchev–Trinajstić information content (AvgIpc) is 2.49. The summed E-state index contributed by atoms with van der Waals surface area (Å²) < 4.78 is 5.46. The summed E-state index contributed by atoms with van der Waals surface area (Å²) in [5.74, 6) is 0.227. The number of ketones is 1. The molecule has 0 aliphatic rings. The molecule has 22 heavy (non-hydrogen) atoms. The van der Waals surface area contributed by atoms with Gasteiger partial charge in [-0.05, 0) is 31.2 Å². The van der Waals surface area contributed by atoms with Crippen molar-refractivity contribution < 1.29 is 14.3 Å². The maximum atomic E-state index is 11.9. The van der Waals surface area contributed by atoms with Crippen LogP contribution in [-0.4, -0.2) is 18.3 Å². The molecule has 0 fully saturated rings. The molecular formula is C17H16ClNO3. The fourth-order valence-electron chi connectivity index (χ4n) is 1.93. The molecule has 0 saturated heterocycles. The van der Waals surface area contributed by atoms with Crippen molar-refractivity contribution >= 4 is 29.0 Å². The molecule has 0 atom stereocenters. The minimum atomic E-state index is -0.222. The van der Waals surface area contributed by atoms with Gasteiger partial charge in [0.15, 0.2) is 5.78 Å². The second-order valence-electron chi connectivity index (χ2n) is 4.68. The van der Waals surface area contributed by atoms with Crippen molar-refractivity contribution in [2.45, 2.75) is 13.3 Å².